The summed E-state index contributed by atoms with van der Waals surface area (Å²) >= 11 is 6.23. The molecule has 1 aliphatic rings. The van der Waals surface area contributed by atoms with Crippen LogP contribution in [0.5, 0.6) is 0 Å². The van der Waals surface area contributed by atoms with E-state index in [1.807, 2.05) is 32.0 Å². The van der Waals surface area contributed by atoms with E-state index in [0.29, 0.717) is 29.6 Å². The minimum absolute atomic E-state index is 0.164. The van der Waals surface area contributed by atoms with E-state index in [0.717, 1.165) is 29.5 Å². The van der Waals surface area contributed by atoms with Gasteiger partial charge in [-0.15, -0.1) is 0 Å². The average Bonchev–Trinajstić information content (AvgIpc) is 2.78. The normalized spacial score (nSPS) is 16.4. The van der Waals surface area contributed by atoms with Crippen molar-refractivity contribution in [1.29, 1.82) is 0 Å². The number of carbonyl (C=O) groups is 1. The number of nitrogens with one attached hydrogen (secondary N) is 1. The molecule has 1 unspecified atom stereocenters. The number of allylic oxidation sites excluding steroid dienone is 1. The summed E-state index contributed by atoms with van der Waals surface area (Å²) in [6.45, 7) is 10.6. The fourth-order valence-electron chi connectivity index (χ4n) is 3.84. The summed E-state index contributed by atoms with van der Waals surface area (Å²) in [5.74, 6) is 0.408. The van der Waals surface area contributed by atoms with E-state index in [9.17, 15) is 4.79 Å². The molecule has 33 heavy (non-hydrogen) atoms. The number of nitrogens with zero attached hydrogens (tertiary/aromatic N) is 1. The van der Waals surface area contributed by atoms with Crippen molar-refractivity contribution < 1.29 is 9.53 Å². The zero-order valence-corrected chi connectivity index (χ0v) is 20.9. The summed E-state index contributed by atoms with van der Waals surface area (Å²) in [6, 6.07) is 14.2. The van der Waals surface area contributed by atoms with Crippen molar-refractivity contribution in [2.75, 3.05) is 6.54 Å². The summed E-state index contributed by atoms with van der Waals surface area (Å²) < 4.78 is 5.96. The van der Waals surface area contributed by atoms with E-state index in [1.165, 1.54) is 16.7 Å². The van der Waals surface area contributed by atoms with Crippen molar-refractivity contribution in [2.24, 2.45) is 4.99 Å². The molecule has 0 aliphatic carbocycles. The zero-order valence-electron chi connectivity index (χ0n) is 20.2. The fourth-order valence-corrected chi connectivity index (χ4v) is 4.02. The van der Waals surface area contributed by atoms with Gasteiger partial charge in [-0.25, -0.2) is 4.99 Å². The Balaban J connectivity index is 1.69. The first-order valence-corrected chi connectivity index (χ1v) is 11.9. The van der Waals surface area contributed by atoms with Gasteiger partial charge >= 0.3 is 0 Å². The minimum Gasteiger partial charge on any atom is -0.473 e. The van der Waals surface area contributed by atoms with E-state index < -0.39 is 0 Å². The second-order valence-corrected chi connectivity index (χ2v) is 9.00. The quantitative estimate of drug-likeness (QED) is 0.479. The smallest absolute Gasteiger partial charge is 0.270 e. The SMILES string of the molecule is CCC=C(CCNC(=O)C1=C(C)C(C)OC(Cc2ccc(C)cc2)=N1)c1cc(Cl)ccc1C. The number of aliphatic imine (C=N–C) groups is 1. The van der Waals surface area contributed by atoms with Crippen LogP contribution in [0.15, 0.2) is 64.8 Å². The Morgan fingerprint density at radius 1 is 1.15 bits per heavy atom. The lowest BCUT2D eigenvalue weighted by Crippen LogP contribution is -2.32. The Morgan fingerprint density at radius 2 is 1.88 bits per heavy atom. The van der Waals surface area contributed by atoms with Crippen LogP contribution in [0, 0.1) is 13.8 Å². The van der Waals surface area contributed by atoms with Crippen LogP contribution in [0.25, 0.3) is 5.57 Å². The van der Waals surface area contributed by atoms with Crippen LogP contribution in [0.3, 0.4) is 0 Å². The van der Waals surface area contributed by atoms with E-state index in [2.05, 4.69) is 61.4 Å². The molecule has 1 heterocycles. The van der Waals surface area contributed by atoms with Gasteiger partial charge in [0.1, 0.15) is 11.8 Å². The van der Waals surface area contributed by atoms with Crippen LogP contribution < -0.4 is 5.32 Å². The molecule has 1 N–H and O–H groups in total. The van der Waals surface area contributed by atoms with Crippen molar-refractivity contribution in [3.63, 3.8) is 0 Å². The molecule has 0 saturated heterocycles. The zero-order chi connectivity index (χ0) is 24.0. The molecule has 174 valence electrons. The number of carbonyl (C=O) groups excluding carboxylic acids is 1. The maximum Gasteiger partial charge on any atom is 0.270 e. The molecular weight excluding hydrogens is 432 g/mol. The lowest BCUT2D eigenvalue weighted by Gasteiger charge is -2.24. The number of aryl methyl sites for hydroxylation is 2. The molecule has 1 atom stereocenters. The number of rotatable bonds is 8. The van der Waals surface area contributed by atoms with Gasteiger partial charge in [0.15, 0.2) is 5.90 Å². The van der Waals surface area contributed by atoms with E-state index in [1.54, 1.807) is 0 Å². The van der Waals surface area contributed by atoms with Gasteiger partial charge in [0.25, 0.3) is 5.91 Å². The number of hydrogen-bond acceptors (Lipinski definition) is 3. The van der Waals surface area contributed by atoms with Gasteiger partial charge in [-0.05, 0) is 80.5 Å². The van der Waals surface area contributed by atoms with Crippen molar-refractivity contribution in [3.05, 3.63) is 87.1 Å². The number of benzene rings is 2. The van der Waals surface area contributed by atoms with Crippen LogP contribution in [0.4, 0.5) is 0 Å². The molecular formula is C28H33ClN2O2. The Kier molecular flexibility index (Phi) is 8.51. The first-order chi connectivity index (χ1) is 15.8. The summed E-state index contributed by atoms with van der Waals surface area (Å²) in [5, 5.41) is 3.77. The Hall–Kier alpha value is -2.85. The van der Waals surface area contributed by atoms with Gasteiger partial charge in [-0.3, -0.25) is 4.79 Å². The van der Waals surface area contributed by atoms with Crippen molar-refractivity contribution in [1.82, 2.24) is 5.32 Å². The highest BCUT2D eigenvalue weighted by molar-refractivity contribution is 6.30. The fraction of sp³-hybridized carbons (Fsp3) is 0.357. The molecule has 4 nitrogen and oxygen atoms in total. The largest absolute Gasteiger partial charge is 0.473 e. The second-order valence-electron chi connectivity index (χ2n) is 8.56. The molecule has 2 aromatic rings. The van der Waals surface area contributed by atoms with E-state index in [-0.39, 0.29) is 12.0 Å². The highest BCUT2D eigenvalue weighted by Gasteiger charge is 2.24. The lowest BCUT2D eigenvalue weighted by molar-refractivity contribution is -0.117. The van der Waals surface area contributed by atoms with Crippen molar-refractivity contribution >= 4 is 29.0 Å². The molecule has 1 aliphatic heterocycles. The third-order valence-corrected chi connectivity index (χ3v) is 6.13. The van der Waals surface area contributed by atoms with Crippen LogP contribution in [-0.4, -0.2) is 24.5 Å². The first-order valence-electron chi connectivity index (χ1n) is 11.5. The van der Waals surface area contributed by atoms with Gasteiger partial charge in [0.05, 0.1) is 0 Å². The van der Waals surface area contributed by atoms with Gasteiger partial charge in [0.2, 0.25) is 0 Å². The summed E-state index contributed by atoms with van der Waals surface area (Å²) in [7, 11) is 0. The second kappa shape index (κ2) is 11.3. The Bertz CT molecular complexity index is 1100. The summed E-state index contributed by atoms with van der Waals surface area (Å²) in [6.07, 6.45) is 4.21. The minimum atomic E-state index is -0.187. The Morgan fingerprint density at radius 3 is 2.58 bits per heavy atom. The Labute approximate surface area is 202 Å². The van der Waals surface area contributed by atoms with Gasteiger partial charge in [-0.2, -0.15) is 0 Å². The van der Waals surface area contributed by atoms with Crippen molar-refractivity contribution in [2.45, 2.75) is 60.0 Å². The lowest BCUT2D eigenvalue weighted by atomic mass is 9.97. The number of halogens is 1. The number of amides is 1. The predicted molar refractivity (Wildman–Crippen MR) is 138 cm³/mol. The van der Waals surface area contributed by atoms with Crippen LogP contribution in [0.1, 0.15) is 55.9 Å². The third kappa shape index (κ3) is 6.58. The summed E-state index contributed by atoms with van der Waals surface area (Å²) in [4.78, 5) is 17.6. The van der Waals surface area contributed by atoms with Crippen LogP contribution >= 0.6 is 11.6 Å². The topological polar surface area (TPSA) is 50.7 Å². The number of hydrogen-bond donors (Lipinski definition) is 1. The number of ether oxygens (including phenoxy) is 1. The highest BCUT2D eigenvalue weighted by atomic mass is 35.5. The first kappa shape index (κ1) is 24.8. The standard InChI is InChI=1S/C28H33ClN2O2/c1-6-7-23(25-17-24(29)13-10-19(25)3)14-15-30-28(32)27-20(4)21(5)33-26(31-27)16-22-11-8-18(2)9-12-22/h7-13,17,21H,6,14-16H2,1-5H3,(H,30,32). The summed E-state index contributed by atoms with van der Waals surface area (Å²) in [5.41, 5.74) is 7.11. The molecule has 0 bridgehead atoms. The molecule has 5 heteroatoms. The van der Waals surface area contributed by atoms with Gasteiger partial charge in [-0.1, -0.05) is 60.5 Å². The molecule has 3 rings (SSSR count). The molecule has 0 spiro atoms. The molecule has 2 aromatic carbocycles. The average molecular weight is 465 g/mol. The predicted octanol–water partition coefficient (Wildman–Crippen LogP) is 6.59. The van der Waals surface area contributed by atoms with Crippen molar-refractivity contribution in [3.8, 4) is 0 Å². The third-order valence-electron chi connectivity index (χ3n) is 5.90. The maximum atomic E-state index is 13.0. The molecule has 0 radical (unpaired) electrons. The molecule has 1 amide bonds. The van der Waals surface area contributed by atoms with E-state index in [4.69, 9.17) is 16.3 Å². The van der Waals surface area contributed by atoms with E-state index >= 15 is 0 Å². The molecule has 0 aromatic heterocycles. The van der Waals surface area contributed by atoms with Gasteiger partial charge in [0, 0.05) is 18.0 Å². The van der Waals surface area contributed by atoms with Crippen LogP contribution in [-0.2, 0) is 16.0 Å². The van der Waals surface area contributed by atoms with Crippen LogP contribution in [0.2, 0.25) is 5.02 Å². The molecule has 0 fully saturated rings. The highest BCUT2D eigenvalue weighted by Crippen LogP contribution is 2.26. The maximum absolute atomic E-state index is 13.0. The monoisotopic (exact) mass is 464 g/mol. The van der Waals surface area contributed by atoms with Gasteiger partial charge < -0.3 is 10.1 Å². The molecule has 0 saturated carbocycles.